The Balaban J connectivity index is 4.06. The zero-order valence-electron chi connectivity index (χ0n) is 11.5. The zero-order chi connectivity index (χ0) is 14.1. The standard InChI is InChI=1S/C14H24O4/c1-5-10(3)7-11(4)13(16)8-12(15)9-14(17)18-6-2/h5,10-11,13,16H,1,6-9H2,2-4H3/t10-,11-,13+/m1/s1. The van der Waals surface area contributed by atoms with Crippen LogP contribution >= 0.6 is 0 Å². The van der Waals surface area contributed by atoms with Crippen molar-refractivity contribution in [3.05, 3.63) is 12.7 Å². The van der Waals surface area contributed by atoms with E-state index >= 15 is 0 Å². The van der Waals surface area contributed by atoms with Crippen LogP contribution in [-0.4, -0.2) is 29.6 Å². The van der Waals surface area contributed by atoms with Gasteiger partial charge in [0.25, 0.3) is 0 Å². The van der Waals surface area contributed by atoms with Gasteiger partial charge >= 0.3 is 5.97 Å². The molecule has 0 rings (SSSR count). The molecule has 0 heterocycles. The van der Waals surface area contributed by atoms with Crippen molar-refractivity contribution in [3.63, 3.8) is 0 Å². The number of ether oxygens (including phenoxy) is 1. The van der Waals surface area contributed by atoms with E-state index in [1.165, 1.54) is 0 Å². The van der Waals surface area contributed by atoms with Crippen molar-refractivity contribution in [1.29, 1.82) is 0 Å². The summed E-state index contributed by atoms with van der Waals surface area (Å²) in [5.74, 6) is -0.500. The monoisotopic (exact) mass is 256 g/mol. The summed E-state index contributed by atoms with van der Waals surface area (Å²) in [4.78, 5) is 22.6. The quantitative estimate of drug-likeness (QED) is 0.390. The molecule has 0 spiro atoms. The molecule has 0 aromatic carbocycles. The van der Waals surface area contributed by atoms with Crippen LogP contribution in [0.15, 0.2) is 12.7 Å². The van der Waals surface area contributed by atoms with Gasteiger partial charge in [-0.15, -0.1) is 6.58 Å². The number of allylic oxidation sites excluding steroid dienone is 1. The van der Waals surface area contributed by atoms with Crippen LogP contribution in [0.1, 0.15) is 40.0 Å². The Morgan fingerprint density at radius 2 is 2.00 bits per heavy atom. The maximum Gasteiger partial charge on any atom is 0.313 e. The summed E-state index contributed by atoms with van der Waals surface area (Å²) in [5.41, 5.74) is 0. The summed E-state index contributed by atoms with van der Waals surface area (Å²) < 4.78 is 4.68. The lowest BCUT2D eigenvalue weighted by Crippen LogP contribution is -2.24. The molecule has 0 saturated heterocycles. The topological polar surface area (TPSA) is 63.6 Å². The molecular weight excluding hydrogens is 232 g/mol. The van der Waals surface area contributed by atoms with E-state index in [4.69, 9.17) is 0 Å². The smallest absolute Gasteiger partial charge is 0.313 e. The van der Waals surface area contributed by atoms with Gasteiger partial charge in [0, 0.05) is 6.42 Å². The van der Waals surface area contributed by atoms with Crippen molar-refractivity contribution in [1.82, 2.24) is 0 Å². The van der Waals surface area contributed by atoms with Crippen LogP contribution in [0.25, 0.3) is 0 Å². The summed E-state index contributed by atoms with van der Waals surface area (Å²) in [7, 11) is 0. The Bertz CT molecular complexity index is 286. The first-order valence-corrected chi connectivity index (χ1v) is 6.38. The van der Waals surface area contributed by atoms with E-state index in [0.29, 0.717) is 5.92 Å². The van der Waals surface area contributed by atoms with Gasteiger partial charge < -0.3 is 9.84 Å². The maximum atomic E-state index is 11.5. The highest BCUT2D eigenvalue weighted by Crippen LogP contribution is 2.18. The zero-order valence-corrected chi connectivity index (χ0v) is 11.5. The largest absolute Gasteiger partial charge is 0.466 e. The molecule has 4 heteroatoms. The second-order valence-corrected chi connectivity index (χ2v) is 4.72. The second-order valence-electron chi connectivity index (χ2n) is 4.72. The molecule has 0 aromatic heterocycles. The number of aliphatic hydroxyl groups is 1. The highest BCUT2D eigenvalue weighted by molar-refractivity contribution is 5.95. The minimum Gasteiger partial charge on any atom is -0.466 e. The minimum atomic E-state index is -0.714. The average molecular weight is 256 g/mol. The van der Waals surface area contributed by atoms with E-state index in [0.717, 1.165) is 6.42 Å². The van der Waals surface area contributed by atoms with Crippen molar-refractivity contribution < 1.29 is 19.4 Å². The molecule has 0 amide bonds. The molecule has 0 fully saturated rings. The molecule has 1 N–H and O–H groups in total. The summed E-state index contributed by atoms with van der Waals surface area (Å²) in [6, 6.07) is 0. The maximum absolute atomic E-state index is 11.5. The number of Topliss-reactive ketones (excluding diaryl/α,β-unsaturated/α-hetero) is 1. The van der Waals surface area contributed by atoms with Crippen LogP contribution in [-0.2, 0) is 14.3 Å². The third-order valence-electron chi connectivity index (χ3n) is 2.89. The molecule has 0 radical (unpaired) electrons. The summed E-state index contributed by atoms with van der Waals surface area (Å²) >= 11 is 0. The van der Waals surface area contributed by atoms with Crippen molar-refractivity contribution in [2.75, 3.05) is 6.61 Å². The van der Waals surface area contributed by atoms with Crippen molar-refractivity contribution in [2.45, 2.75) is 46.1 Å². The minimum absolute atomic E-state index is 0.00381. The van der Waals surface area contributed by atoms with E-state index in [1.54, 1.807) is 6.92 Å². The van der Waals surface area contributed by atoms with Gasteiger partial charge in [-0.3, -0.25) is 9.59 Å². The van der Waals surface area contributed by atoms with Crippen molar-refractivity contribution in [3.8, 4) is 0 Å². The number of ketones is 1. The van der Waals surface area contributed by atoms with Crippen LogP contribution in [0.2, 0.25) is 0 Å². The Morgan fingerprint density at radius 3 is 2.50 bits per heavy atom. The first-order chi connectivity index (χ1) is 8.40. The van der Waals surface area contributed by atoms with Gasteiger partial charge in [-0.05, 0) is 25.2 Å². The fourth-order valence-electron chi connectivity index (χ4n) is 1.72. The number of carbonyl (C=O) groups is 2. The lowest BCUT2D eigenvalue weighted by atomic mass is 9.90. The van der Waals surface area contributed by atoms with Gasteiger partial charge in [-0.25, -0.2) is 0 Å². The Morgan fingerprint density at radius 1 is 1.39 bits per heavy atom. The molecule has 0 bridgehead atoms. The summed E-state index contributed by atoms with van der Waals surface area (Å²) in [6.07, 6.45) is 1.63. The van der Waals surface area contributed by atoms with Gasteiger partial charge in [0.15, 0.2) is 0 Å². The molecule has 4 nitrogen and oxygen atoms in total. The SMILES string of the molecule is C=C[C@@H](C)C[C@@H](C)[C@@H](O)CC(=O)CC(=O)OCC. The molecule has 0 aliphatic heterocycles. The van der Waals surface area contributed by atoms with Crippen LogP contribution in [0.4, 0.5) is 0 Å². The molecule has 0 aliphatic carbocycles. The second kappa shape index (κ2) is 8.86. The number of hydrogen-bond acceptors (Lipinski definition) is 4. The fraction of sp³-hybridized carbons (Fsp3) is 0.714. The summed E-state index contributed by atoms with van der Waals surface area (Å²) in [6.45, 7) is 9.54. The van der Waals surface area contributed by atoms with Gasteiger partial charge in [0.1, 0.15) is 12.2 Å². The average Bonchev–Trinajstić information content (AvgIpc) is 2.28. The molecule has 0 saturated carbocycles. The van der Waals surface area contributed by atoms with Crippen LogP contribution in [0, 0.1) is 11.8 Å². The van der Waals surface area contributed by atoms with E-state index < -0.39 is 12.1 Å². The predicted molar refractivity (Wildman–Crippen MR) is 70.0 cm³/mol. The van der Waals surface area contributed by atoms with E-state index in [1.807, 2.05) is 19.9 Å². The number of esters is 1. The predicted octanol–water partition coefficient (Wildman–Crippen LogP) is 2.11. The molecule has 18 heavy (non-hydrogen) atoms. The van der Waals surface area contributed by atoms with E-state index in [9.17, 15) is 14.7 Å². The summed E-state index contributed by atoms with van der Waals surface area (Å²) in [5, 5.41) is 9.87. The number of hydrogen-bond donors (Lipinski definition) is 1. The van der Waals surface area contributed by atoms with Crippen LogP contribution in [0.5, 0.6) is 0 Å². The highest BCUT2D eigenvalue weighted by atomic mass is 16.5. The lowest BCUT2D eigenvalue weighted by Gasteiger charge is -2.20. The lowest BCUT2D eigenvalue weighted by molar-refractivity contribution is -0.145. The van der Waals surface area contributed by atoms with E-state index in [-0.39, 0.29) is 31.1 Å². The molecule has 104 valence electrons. The first kappa shape index (κ1) is 16.8. The number of rotatable bonds is 9. The Hall–Kier alpha value is -1.16. The molecular formula is C14H24O4. The third kappa shape index (κ3) is 7.22. The van der Waals surface area contributed by atoms with Crippen molar-refractivity contribution in [2.24, 2.45) is 11.8 Å². The third-order valence-corrected chi connectivity index (χ3v) is 2.89. The molecule has 0 aromatic rings. The normalized spacial score (nSPS) is 15.6. The number of aliphatic hydroxyl groups excluding tert-OH is 1. The number of carbonyl (C=O) groups excluding carboxylic acids is 2. The highest BCUT2D eigenvalue weighted by Gasteiger charge is 2.21. The Kier molecular flexibility index (Phi) is 8.29. The van der Waals surface area contributed by atoms with E-state index in [2.05, 4.69) is 11.3 Å². The first-order valence-electron chi connectivity index (χ1n) is 6.38. The Labute approximate surface area is 109 Å². The van der Waals surface area contributed by atoms with Crippen LogP contribution in [0.3, 0.4) is 0 Å². The molecule has 0 unspecified atom stereocenters. The fourth-order valence-corrected chi connectivity index (χ4v) is 1.72. The van der Waals surface area contributed by atoms with Crippen molar-refractivity contribution >= 4 is 11.8 Å². The van der Waals surface area contributed by atoms with Gasteiger partial charge in [-0.1, -0.05) is 19.9 Å². The molecule has 3 atom stereocenters. The van der Waals surface area contributed by atoms with Gasteiger partial charge in [0.2, 0.25) is 0 Å². The van der Waals surface area contributed by atoms with Gasteiger partial charge in [0.05, 0.1) is 12.7 Å². The van der Waals surface area contributed by atoms with Gasteiger partial charge in [-0.2, -0.15) is 0 Å². The molecule has 0 aliphatic rings. The van der Waals surface area contributed by atoms with Crippen LogP contribution < -0.4 is 0 Å².